The van der Waals surface area contributed by atoms with Crippen molar-refractivity contribution in [3.8, 4) is 0 Å². The number of nitrogens with one attached hydrogen (secondary N) is 1. The van der Waals surface area contributed by atoms with Crippen LogP contribution in [0.5, 0.6) is 0 Å². The van der Waals surface area contributed by atoms with Gasteiger partial charge >= 0.3 is 0 Å². The molecule has 0 aromatic carbocycles. The maximum atomic E-state index is 8.03. The van der Waals surface area contributed by atoms with Gasteiger partial charge in [-0.3, -0.25) is 0 Å². The van der Waals surface area contributed by atoms with Crippen molar-refractivity contribution >= 4 is 5.71 Å². The van der Waals surface area contributed by atoms with Crippen LogP contribution in [0.15, 0.2) is 37.0 Å². The van der Waals surface area contributed by atoms with E-state index in [9.17, 15) is 0 Å². The molecule has 1 nitrogen and oxygen atoms in total. The first-order valence-electron chi connectivity index (χ1n) is 10.2. The van der Waals surface area contributed by atoms with Crippen molar-refractivity contribution in [3.05, 3.63) is 37.0 Å². The molecule has 0 bridgehead atoms. The molecule has 1 heteroatoms. The highest BCUT2D eigenvalue weighted by atomic mass is 14.7. The number of fused-ring (bicyclic) bond motifs is 7. The Labute approximate surface area is 146 Å². The lowest BCUT2D eigenvalue weighted by Crippen LogP contribution is -2.43. The molecule has 1 spiro atoms. The summed E-state index contributed by atoms with van der Waals surface area (Å²) in [5.74, 6) is 7.29. The summed E-state index contributed by atoms with van der Waals surface area (Å²) in [5, 5.41) is 8.03. The van der Waals surface area contributed by atoms with E-state index in [2.05, 4.69) is 19.2 Å². The zero-order valence-corrected chi connectivity index (χ0v) is 14.8. The van der Waals surface area contributed by atoms with Crippen molar-refractivity contribution in [1.82, 2.24) is 0 Å². The van der Waals surface area contributed by atoms with E-state index in [1.54, 1.807) is 43.4 Å². The second-order valence-electron chi connectivity index (χ2n) is 9.39. The first-order chi connectivity index (χ1) is 11.7. The van der Waals surface area contributed by atoms with E-state index in [1.165, 1.54) is 19.3 Å². The summed E-state index contributed by atoms with van der Waals surface area (Å²) < 4.78 is 0. The summed E-state index contributed by atoms with van der Waals surface area (Å²) in [7, 11) is 0. The van der Waals surface area contributed by atoms with Gasteiger partial charge in [-0.05, 0) is 104 Å². The Bertz CT molecular complexity index is 622. The predicted octanol–water partition coefficient (Wildman–Crippen LogP) is 5.79. The Morgan fingerprint density at radius 3 is 2.62 bits per heavy atom. The van der Waals surface area contributed by atoms with Gasteiger partial charge in [-0.15, -0.1) is 0 Å². The first kappa shape index (κ1) is 15.2. The SMILES string of the molecule is C=CC=C.N=C1C=C2C(CC1)C1CCC34CC3CCC4C1C1CC21. The Hall–Kier alpha value is -1.11. The van der Waals surface area contributed by atoms with Gasteiger partial charge in [-0.25, -0.2) is 0 Å². The minimum absolute atomic E-state index is 0.872. The molecule has 0 saturated heterocycles. The molecular weight excluding hydrogens is 290 g/mol. The molecule has 5 saturated carbocycles. The second kappa shape index (κ2) is 5.19. The second-order valence-corrected chi connectivity index (χ2v) is 9.39. The zero-order valence-electron chi connectivity index (χ0n) is 14.8. The first-order valence-corrected chi connectivity index (χ1v) is 10.2. The third-order valence-corrected chi connectivity index (χ3v) is 8.69. The van der Waals surface area contributed by atoms with E-state index in [0.29, 0.717) is 0 Å². The lowest BCUT2D eigenvalue weighted by molar-refractivity contribution is 0.0209. The molecule has 24 heavy (non-hydrogen) atoms. The molecule has 0 aliphatic heterocycles. The minimum atomic E-state index is 0.872. The molecule has 6 aliphatic carbocycles. The van der Waals surface area contributed by atoms with E-state index in [0.717, 1.165) is 59.0 Å². The van der Waals surface area contributed by atoms with Gasteiger partial charge in [0.25, 0.3) is 0 Å². The van der Waals surface area contributed by atoms with E-state index in [-0.39, 0.29) is 0 Å². The summed E-state index contributed by atoms with van der Waals surface area (Å²) in [5.41, 5.74) is 3.54. The number of hydrogen-bond donors (Lipinski definition) is 1. The molecule has 1 N–H and O–H groups in total. The number of rotatable bonds is 1. The molecular formula is C23H31N. The molecule has 8 unspecified atom stereocenters. The Morgan fingerprint density at radius 2 is 1.88 bits per heavy atom. The molecule has 0 aromatic heterocycles. The lowest BCUT2D eigenvalue weighted by atomic mass is 9.54. The fourth-order valence-electron chi connectivity index (χ4n) is 7.72. The van der Waals surface area contributed by atoms with Crippen LogP contribution in [0.1, 0.15) is 51.4 Å². The van der Waals surface area contributed by atoms with Gasteiger partial charge in [-0.1, -0.05) is 30.9 Å². The van der Waals surface area contributed by atoms with E-state index >= 15 is 0 Å². The molecule has 5 fully saturated rings. The van der Waals surface area contributed by atoms with Gasteiger partial charge in [0.1, 0.15) is 0 Å². The number of hydrogen-bond acceptors (Lipinski definition) is 1. The fourth-order valence-corrected chi connectivity index (χ4v) is 7.72. The molecule has 6 rings (SSSR count). The third kappa shape index (κ3) is 1.96. The van der Waals surface area contributed by atoms with Crippen LogP contribution >= 0.6 is 0 Å². The monoisotopic (exact) mass is 321 g/mol. The van der Waals surface area contributed by atoms with Gasteiger partial charge in [0, 0.05) is 5.71 Å². The normalized spacial score (nSPS) is 52.1. The van der Waals surface area contributed by atoms with E-state index < -0.39 is 0 Å². The summed E-state index contributed by atoms with van der Waals surface area (Å²) in [6, 6.07) is 0. The van der Waals surface area contributed by atoms with Crippen LogP contribution in [0, 0.1) is 52.2 Å². The Kier molecular flexibility index (Phi) is 3.28. The minimum Gasteiger partial charge on any atom is -0.305 e. The summed E-state index contributed by atoms with van der Waals surface area (Å²) in [4.78, 5) is 0. The van der Waals surface area contributed by atoms with Gasteiger partial charge in [0.05, 0.1) is 0 Å². The van der Waals surface area contributed by atoms with Gasteiger partial charge in [-0.2, -0.15) is 0 Å². The molecule has 0 radical (unpaired) electrons. The van der Waals surface area contributed by atoms with Crippen molar-refractivity contribution in [2.24, 2.45) is 46.8 Å². The van der Waals surface area contributed by atoms with E-state index in [1.807, 2.05) is 0 Å². The van der Waals surface area contributed by atoms with E-state index in [4.69, 9.17) is 5.41 Å². The van der Waals surface area contributed by atoms with Gasteiger partial charge in [0.2, 0.25) is 0 Å². The predicted molar refractivity (Wildman–Crippen MR) is 100 cm³/mol. The summed E-state index contributed by atoms with van der Waals surface area (Å²) >= 11 is 0. The lowest BCUT2D eigenvalue weighted by Gasteiger charge is -2.50. The van der Waals surface area contributed by atoms with Crippen LogP contribution in [0.4, 0.5) is 0 Å². The number of allylic oxidation sites excluding steroid dienone is 4. The Morgan fingerprint density at radius 1 is 1.04 bits per heavy atom. The van der Waals surface area contributed by atoms with Crippen LogP contribution in [0.2, 0.25) is 0 Å². The molecule has 8 atom stereocenters. The maximum Gasteiger partial charge on any atom is 0.0313 e. The highest BCUT2D eigenvalue weighted by Gasteiger charge is 2.70. The van der Waals surface area contributed by atoms with Crippen molar-refractivity contribution in [2.45, 2.75) is 51.4 Å². The highest BCUT2D eigenvalue weighted by Crippen LogP contribution is 2.78. The third-order valence-electron chi connectivity index (χ3n) is 8.69. The van der Waals surface area contributed by atoms with Crippen LogP contribution in [0.25, 0.3) is 0 Å². The molecule has 0 amide bonds. The van der Waals surface area contributed by atoms with Crippen molar-refractivity contribution in [1.29, 1.82) is 5.41 Å². The van der Waals surface area contributed by atoms with Crippen LogP contribution in [-0.4, -0.2) is 5.71 Å². The molecule has 128 valence electrons. The van der Waals surface area contributed by atoms with Crippen molar-refractivity contribution in [3.63, 3.8) is 0 Å². The molecule has 0 heterocycles. The zero-order chi connectivity index (χ0) is 16.5. The average Bonchev–Trinajstić information content (AvgIpc) is 3.51. The maximum absolute atomic E-state index is 8.03. The quantitative estimate of drug-likeness (QED) is 0.591. The highest BCUT2D eigenvalue weighted by molar-refractivity contribution is 5.94. The van der Waals surface area contributed by atoms with Crippen molar-refractivity contribution in [2.75, 3.05) is 0 Å². The topological polar surface area (TPSA) is 23.9 Å². The standard InChI is InChI=1S/C19H25N.C4H6/c20-11-2-3-12-13-5-6-19-9-10(19)1-4-17(19)18(13)16-8-15(16)14(12)7-11;1-3-4-2/h7,10,12-13,15-18,20H,1-6,8-9H2;3-4H,1-2H2. The Balaban J connectivity index is 0.000000299. The molecule has 0 aromatic rings. The fraction of sp³-hybridized carbons (Fsp3) is 0.696. The van der Waals surface area contributed by atoms with Crippen LogP contribution in [-0.2, 0) is 0 Å². The summed E-state index contributed by atoms with van der Waals surface area (Å²) in [6.45, 7) is 6.72. The summed E-state index contributed by atoms with van der Waals surface area (Å²) in [6.07, 6.45) is 17.3. The van der Waals surface area contributed by atoms with Crippen LogP contribution in [0.3, 0.4) is 0 Å². The average molecular weight is 322 g/mol. The van der Waals surface area contributed by atoms with Crippen molar-refractivity contribution < 1.29 is 0 Å². The smallest absolute Gasteiger partial charge is 0.0313 e. The van der Waals surface area contributed by atoms with Gasteiger partial charge < -0.3 is 5.41 Å². The largest absolute Gasteiger partial charge is 0.305 e. The van der Waals surface area contributed by atoms with Gasteiger partial charge in [0.15, 0.2) is 0 Å². The molecule has 6 aliphatic rings. The van der Waals surface area contributed by atoms with Crippen LogP contribution < -0.4 is 0 Å².